The van der Waals surface area contributed by atoms with E-state index in [1.165, 1.54) is 51.5 Å². The van der Waals surface area contributed by atoms with E-state index in [1.54, 1.807) is 45.3 Å². The molecule has 0 unspecified atom stereocenters. The summed E-state index contributed by atoms with van der Waals surface area (Å²) in [5.41, 5.74) is 4.69. The molecule has 6 aromatic rings. The van der Waals surface area contributed by atoms with Crippen molar-refractivity contribution >= 4 is 63.9 Å². The van der Waals surface area contributed by atoms with Gasteiger partial charge < -0.3 is 0 Å². The second-order valence-electron chi connectivity index (χ2n) is 8.76. The fraction of sp³-hybridized carbons (Fsp3) is 0.231. The highest BCUT2D eigenvalue weighted by atomic mass is 32.2. The number of anilines is 2. The van der Waals surface area contributed by atoms with Gasteiger partial charge in [-0.05, 0) is 68.8 Å². The van der Waals surface area contributed by atoms with Gasteiger partial charge in [-0.3, -0.25) is 4.90 Å². The molecule has 4 heterocycles. The van der Waals surface area contributed by atoms with E-state index in [2.05, 4.69) is 85.4 Å². The minimum Gasteiger partial charge on any atom is -0.280 e. The van der Waals surface area contributed by atoms with Crippen LogP contribution in [0, 0.1) is 0 Å². The number of rotatable bonds is 5. The van der Waals surface area contributed by atoms with Crippen LogP contribution in [0.1, 0.15) is 32.1 Å². The van der Waals surface area contributed by atoms with Crippen LogP contribution in [-0.4, -0.2) is 16.2 Å². The van der Waals surface area contributed by atoms with E-state index in [0.717, 1.165) is 21.7 Å². The van der Waals surface area contributed by atoms with Gasteiger partial charge >= 0.3 is 8.29 Å². The lowest BCUT2D eigenvalue weighted by Gasteiger charge is -2.30. The second-order valence-corrected chi connectivity index (χ2v) is 12.9. The summed E-state index contributed by atoms with van der Waals surface area (Å²) in [6.45, 7) is 0. The quantitative estimate of drug-likeness (QED) is 0.224. The Balaban J connectivity index is 1.34. The Labute approximate surface area is 219 Å². The zero-order valence-corrected chi connectivity index (χ0v) is 22.2. The van der Waals surface area contributed by atoms with E-state index in [9.17, 15) is 0 Å². The molecule has 9 heteroatoms. The maximum absolute atomic E-state index is 5.17. The summed E-state index contributed by atoms with van der Waals surface area (Å²) < 4.78 is 6.65. The van der Waals surface area contributed by atoms with E-state index in [-0.39, 0.29) is 0 Å². The molecular formula is C26H23N5S4+2. The molecule has 0 N–H and O–H groups in total. The topological polar surface area (TPSA) is 37.2 Å². The Morgan fingerprint density at radius 1 is 0.657 bits per heavy atom. The minimum atomic E-state index is 0.436. The third kappa shape index (κ3) is 3.87. The van der Waals surface area contributed by atoms with E-state index < -0.39 is 0 Å². The van der Waals surface area contributed by atoms with Crippen molar-refractivity contribution in [2.24, 2.45) is 0 Å². The van der Waals surface area contributed by atoms with Crippen LogP contribution in [0.2, 0.25) is 0 Å². The number of hydrogen-bond acceptors (Lipinski definition) is 7. The molecule has 4 aromatic heterocycles. The van der Waals surface area contributed by atoms with Crippen LogP contribution >= 0.6 is 45.3 Å². The van der Waals surface area contributed by atoms with Crippen LogP contribution in [0.5, 0.6) is 0 Å². The summed E-state index contributed by atoms with van der Waals surface area (Å²) in [6, 6.07) is 21.5. The third-order valence-electron chi connectivity index (χ3n) is 6.56. The van der Waals surface area contributed by atoms with Gasteiger partial charge in [0.05, 0.1) is 21.9 Å². The fourth-order valence-corrected chi connectivity index (χ4v) is 9.06. The SMILES string of the molecule is c1ccc(-c2csc3sc(N(c4n[n+]5c(-c6ccccc6)csc5s4)C4CCCCC4)n[n+]23)cc1. The van der Waals surface area contributed by atoms with Crippen molar-refractivity contribution in [1.29, 1.82) is 0 Å². The van der Waals surface area contributed by atoms with Gasteiger partial charge in [0.1, 0.15) is 0 Å². The molecule has 1 aliphatic carbocycles. The van der Waals surface area contributed by atoms with E-state index >= 15 is 0 Å². The van der Waals surface area contributed by atoms with Gasteiger partial charge in [-0.25, -0.2) is 0 Å². The summed E-state index contributed by atoms with van der Waals surface area (Å²) in [6.07, 6.45) is 6.24. The van der Waals surface area contributed by atoms with Crippen molar-refractivity contribution in [2.75, 3.05) is 4.90 Å². The highest BCUT2D eigenvalue weighted by Gasteiger charge is 2.35. The van der Waals surface area contributed by atoms with Crippen LogP contribution in [-0.2, 0) is 0 Å². The number of thiazole rings is 2. The molecule has 174 valence electrons. The zero-order chi connectivity index (χ0) is 23.2. The zero-order valence-electron chi connectivity index (χ0n) is 18.9. The highest BCUT2D eigenvalue weighted by molar-refractivity contribution is 7.37. The van der Waals surface area contributed by atoms with Gasteiger partial charge in [0.15, 0.2) is 0 Å². The number of benzene rings is 2. The average molecular weight is 534 g/mol. The summed E-state index contributed by atoms with van der Waals surface area (Å²) >= 11 is 7.09. The predicted octanol–water partition coefficient (Wildman–Crippen LogP) is 7.00. The molecule has 0 bridgehead atoms. The molecular weight excluding hydrogens is 511 g/mol. The Hall–Kier alpha value is -2.72. The van der Waals surface area contributed by atoms with Crippen molar-refractivity contribution in [3.8, 4) is 22.5 Å². The number of hydrogen-bond donors (Lipinski definition) is 0. The summed E-state index contributed by atoms with van der Waals surface area (Å²) in [4.78, 5) is 2.44. The van der Waals surface area contributed by atoms with Gasteiger partial charge in [0, 0.05) is 16.2 Å². The minimum absolute atomic E-state index is 0.436. The number of aromatic nitrogens is 4. The van der Waals surface area contributed by atoms with Gasteiger partial charge in [-0.1, -0.05) is 78.3 Å². The molecule has 1 fully saturated rings. The number of fused-ring (bicyclic) bond motifs is 2. The summed E-state index contributed by atoms with van der Waals surface area (Å²) in [7, 11) is 0. The molecule has 1 aliphatic rings. The Morgan fingerprint density at radius 2 is 1.14 bits per heavy atom. The molecule has 0 amide bonds. The summed E-state index contributed by atoms with van der Waals surface area (Å²) in [5.74, 6) is 0. The molecule has 35 heavy (non-hydrogen) atoms. The van der Waals surface area contributed by atoms with Crippen molar-refractivity contribution in [1.82, 2.24) is 10.2 Å². The predicted molar refractivity (Wildman–Crippen MR) is 146 cm³/mol. The van der Waals surface area contributed by atoms with Crippen molar-refractivity contribution in [3.63, 3.8) is 0 Å². The lowest BCUT2D eigenvalue weighted by molar-refractivity contribution is -0.559. The molecule has 2 aromatic carbocycles. The lowest BCUT2D eigenvalue weighted by Crippen LogP contribution is -2.35. The summed E-state index contributed by atoms with van der Waals surface area (Å²) in [5, 5.41) is 16.9. The first-order valence-corrected chi connectivity index (χ1v) is 15.3. The van der Waals surface area contributed by atoms with E-state index in [0.29, 0.717) is 6.04 Å². The molecule has 7 rings (SSSR count). The third-order valence-corrected chi connectivity index (χ3v) is 10.7. The second kappa shape index (κ2) is 9.05. The average Bonchev–Trinajstić information content (AvgIpc) is 3.67. The van der Waals surface area contributed by atoms with E-state index in [4.69, 9.17) is 10.2 Å². The molecule has 1 saturated carbocycles. The van der Waals surface area contributed by atoms with Crippen LogP contribution in [0.4, 0.5) is 10.3 Å². The van der Waals surface area contributed by atoms with Crippen molar-refractivity contribution in [3.05, 3.63) is 71.4 Å². The first kappa shape index (κ1) is 21.6. The Kier molecular flexibility index (Phi) is 5.58. The fourth-order valence-electron chi connectivity index (χ4n) is 4.83. The van der Waals surface area contributed by atoms with Gasteiger partial charge in [-0.2, -0.15) is 0 Å². The Morgan fingerprint density at radius 3 is 1.63 bits per heavy atom. The van der Waals surface area contributed by atoms with Crippen LogP contribution < -0.4 is 13.9 Å². The standard InChI is InChI=1S/C26H23N5S4/c1-4-10-18(11-5-1)21-16-32-25-30(21)27-23(34-25)29(20-14-8-3-9-15-20)24-28-31-22(17-33-26(31)35-24)19-12-6-2-7-13-19/h1-2,4-7,10-13,16-17,20H,3,8-9,14-15H2/q+2. The lowest BCUT2D eigenvalue weighted by atomic mass is 9.95. The monoisotopic (exact) mass is 533 g/mol. The van der Waals surface area contributed by atoms with E-state index in [1.807, 2.05) is 0 Å². The maximum Gasteiger partial charge on any atom is 0.354 e. The Bertz CT molecular complexity index is 1480. The number of nitrogens with zero attached hydrogens (tertiary/aromatic N) is 5. The molecule has 0 spiro atoms. The molecule has 5 nitrogen and oxygen atoms in total. The maximum atomic E-state index is 5.17. The first-order valence-electron chi connectivity index (χ1n) is 11.9. The molecule has 0 radical (unpaired) electrons. The van der Waals surface area contributed by atoms with Crippen LogP contribution in [0.3, 0.4) is 0 Å². The van der Waals surface area contributed by atoms with Crippen LogP contribution in [0.15, 0.2) is 71.4 Å². The molecule has 0 aliphatic heterocycles. The first-order chi connectivity index (χ1) is 17.3. The normalized spacial score (nSPS) is 14.7. The van der Waals surface area contributed by atoms with Gasteiger partial charge in [0.25, 0.3) is 21.7 Å². The smallest absolute Gasteiger partial charge is 0.280 e. The molecule has 0 saturated heterocycles. The van der Waals surface area contributed by atoms with Crippen LogP contribution in [0.25, 0.3) is 30.8 Å². The van der Waals surface area contributed by atoms with Gasteiger partial charge in [-0.15, -0.1) is 0 Å². The largest absolute Gasteiger partial charge is 0.354 e. The van der Waals surface area contributed by atoms with Gasteiger partial charge in [0.2, 0.25) is 0 Å². The van der Waals surface area contributed by atoms with Crippen molar-refractivity contribution in [2.45, 2.75) is 38.1 Å². The highest BCUT2D eigenvalue weighted by Crippen LogP contribution is 2.39. The molecule has 0 atom stereocenters. The van der Waals surface area contributed by atoms with Crippen molar-refractivity contribution < 1.29 is 9.03 Å².